The van der Waals surface area contributed by atoms with Crippen molar-refractivity contribution in [1.29, 1.82) is 0 Å². The van der Waals surface area contributed by atoms with Crippen molar-refractivity contribution >= 4 is 14.1 Å². The fraction of sp³-hybridized carbons (Fsp3) is 0.696. The van der Waals surface area contributed by atoms with E-state index in [0.29, 0.717) is 6.61 Å². The van der Waals surface area contributed by atoms with Crippen LogP contribution in [0.15, 0.2) is 30.3 Å². The minimum atomic E-state index is -2.29. The zero-order valence-electron chi connectivity index (χ0n) is 19.6. The van der Waals surface area contributed by atoms with Crippen molar-refractivity contribution in [3.8, 4) is 0 Å². The van der Waals surface area contributed by atoms with Crippen LogP contribution in [0.3, 0.4) is 0 Å². The smallest absolute Gasteiger partial charge is 0.194 e. The van der Waals surface area contributed by atoms with Crippen LogP contribution in [0.1, 0.15) is 40.2 Å². The third kappa shape index (κ3) is 5.44. The summed E-state index contributed by atoms with van der Waals surface area (Å²) in [4.78, 5) is 13.4. The summed E-state index contributed by atoms with van der Waals surface area (Å²) in [7, 11) is -2.29. The van der Waals surface area contributed by atoms with Gasteiger partial charge in [0.05, 0.1) is 13.2 Å². The lowest BCUT2D eigenvalue weighted by Gasteiger charge is -2.39. The van der Waals surface area contributed by atoms with Crippen molar-refractivity contribution in [2.24, 2.45) is 0 Å². The number of hydrogen-bond donors (Lipinski definition) is 1. The zero-order chi connectivity index (χ0) is 23.0. The normalized spacial score (nSPS) is 29.0. The molecule has 2 aliphatic heterocycles. The number of aliphatic hydroxyl groups is 1. The Morgan fingerprint density at radius 3 is 2.42 bits per heavy atom. The van der Waals surface area contributed by atoms with Gasteiger partial charge in [-0.3, -0.25) is 4.79 Å². The molecule has 7 nitrogen and oxygen atoms in total. The molecule has 2 fully saturated rings. The van der Waals surface area contributed by atoms with Crippen LogP contribution < -0.4 is 0 Å². The largest absolute Gasteiger partial charge is 0.404 e. The first-order valence-corrected chi connectivity index (χ1v) is 13.7. The van der Waals surface area contributed by atoms with Gasteiger partial charge in [0, 0.05) is 0 Å². The average molecular weight is 453 g/mol. The minimum Gasteiger partial charge on any atom is -0.404 e. The van der Waals surface area contributed by atoms with Gasteiger partial charge in [-0.2, -0.15) is 0 Å². The maximum atomic E-state index is 13.4. The third-order valence-electron chi connectivity index (χ3n) is 6.28. The standard InChI is InChI=1S/C23H36O7Si/c1-22(2,3)31(6,7)30-16(13-24)17(25)18-19(26-14-15-11-9-8-10-12-15)20-21(27-18)29-23(4,5)28-20/h8-12,16,18-21,24H,13-14H2,1-7H3/t16-,18-,19+,20-,21-/m1/s1. The molecule has 0 saturated carbocycles. The molecule has 31 heavy (non-hydrogen) atoms. The second-order valence-corrected chi connectivity index (χ2v) is 15.0. The number of Topliss-reactive ketones (excluding diaryl/α,β-unsaturated/α-hetero) is 1. The highest BCUT2D eigenvalue weighted by Gasteiger charge is 2.58. The second kappa shape index (κ2) is 9.01. The molecule has 8 heteroatoms. The number of fused-ring (bicyclic) bond motifs is 1. The molecule has 1 aromatic rings. The van der Waals surface area contributed by atoms with E-state index in [4.69, 9.17) is 23.4 Å². The van der Waals surface area contributed by atoms with E-state index in [0.717, 1.165) is 5.56 Å². The van der Waals surface area contributed by atoms with Crippen molar-refractivity contribution in [3.05, 3.63) is 35.9 Å². The number of aliphatic hydroxyl groups excluding tert-OH is 1. The molecule has 0 spiro atoms. The van der Waals surface area contributed by atoms with E-state index in [1.54, 1.807) is 13.8 Å². The maximum Gasteiger partial charge on any atom is 0.194 e. The molecule has 0 aliphatic carbocycles. The number of ketones is 1. The second-order valence-electron chi connectivity index (χ2n) is 10.2. The number of carbonyl (C=O) groups is 1. The molecular weight excluding hydrogens is 416 g/mol. The van der Waals surface area contributed by atoms with Crippen LogP contribution >= 0.6 is 0 Å². The van der Waals surface area contributed by atoms with Gasteiger partial charge in [-0.1, -0.05) is 51.1 Å². The van der Waals surface area contributed by atoms with Crippen LogP contribution in [0.5, 0.6) is 0 Å². The summed E-state index contributed by atoms with van der Waals surface area (Å²) in [5, 5.41) is 9.88. The van der Waals surface area contributed by atoms with Crippen molar-refractivity contribution in [3.63, 3.8) is 0 Å². The molecular formula is C23H36O7Si. The molecule has 0 amide bonds. The van der Waals surface area contributed by atoms with Crippen molar-refractivity contribution in [2.45, 2.75) is 95.9 Å². The fourth-order valence-corrected chi connectivity index (χ4v) is 4.81. The van der Waals surface area contributed by atoms with Crippen LogP contribution in [-0.2, 0) is 34.8 Å². The van der Waals surface area contributed by atoms with Crippen molar-refractivity contribution in [1.82, 2.24) is 0 Å². The lowest BCUT2D eigenvalue weighted by Crippen LogP contribution is -2.51. The molecule has 2 saturated heterocycles. The molecule has 2 heterocycles. The van der Waals surface area contributed by atoms with Gasteiger partial charge in [-0.05, 0) is 37.5 Å². The predicted octanol–water partition coefficient (Wildman–Crippen LogP) is 3.40. The molecule has 1 aromatic carbocycles. The van der Waals surface area contributed by atoms with E-state index in [-0.39, 0.29) is 10.8 Å². The van der Waals surface area contributed by atoms with Gasteiger partial charge in [0.15, 0.2) is 32.3 Å². The van der Waals surface area contributed by atoms with Gasteiger partial charge >= 0.3 is 0 Å². The average Bonchev–Trinajstić information content (AvgIpc) is 3.15. The van der Waals surface area contributed by atoms with E-state index in [1.165, 1.54) is 0 Å². The Kier molecular flexibility index (Phi) is 7.13. The lowest BCUT2D eigenvalue weighted by molar-refractivity contribution is -0.220. The summed E-state index contributed by atoms with van der Waals surface area (Å²) in [5.74, 6) is -1.17. The topological polar surface area (TPSA) is 83.5 Å². The summed E-state index contributed by atoms with van der Waals surface area (Å²) in [6.07, 6.45) is -3.86. The molecule has 0 radical (unpaired) electrons. The van der Waals surface area contributed by atoms with Crippen LogP contribution in [-0.4, -0.2) is 62.3 Å². The highest BCUT2D eigenvalue weighted by atomic mass is 28.4. The van der Waals surface area contributed by atoms with E-state index < -0.39 is 51.4 Å². The van der Waals surface area contributed by atoms with E-state index in [9.17, 15) is 9.90 Å². The van der Waals surface area contributed by atoms with Gasteiger partial charge < -0.3 is 28.5 Å². The molecule has 0 aromatic heterocycles. The Morgan fingerprint density at radius 1 is 1.19 bits per heavy atom. The molecule has 3 rings (SSSR count). The highest BCUT2D eigenvalue weighted by molar-refractivity contribution is 6.74. The maximum absolute atomic E-state index is 13.4. The number of hydrogen-bond acceptors (Lipinski definition) is 7. The lowest BCUT2D eigenvalue weighted by atomic mass is 10.0. The zero-order valence-corrected chi connectivity index (χ0v) is 20.6. The molecule has 174 valence electrons. The van der Waals surface area contributed by atoms with Crippen LogP contribution in [0.4, 0.5) is 0 Å². The van der Waals surface area contributed by atoms with E-state index in [2.05, 4.69) is 20.8 Å². The summed E-state index contributed by atoms with van der Waals surface area (Å²) < 4.78 is 30.2. The Hall–Kier alpha value is -1.13. The van der Waals surface area contributed by atoms with Gasteiger partial charge in [0.1, 0.15) is 18.3 Å². The monoisotopic (exact) mass is 452 g/mol. The summed E-state index contributed by atoms with van der Waals surface area (Å²) in [6.45, 7) is 13.8. The van der Waals surface area contributed by atoms with Crippen molar-refractivity contribution < 1.29 is 33.3 Å². The van der Waals surface area contributed by atoms with Crippen LogP contribution in [0.25, 0.3) is 0 Å². The molecule has 0 bridgehead atoms. The number of benzene rings is 1. The minimum absolute atomic E-state index is 0.104. The molecule has 5 atom stereocenters. The quantitative estimate of drug-likeness (QED) is 0.605. The Bertz CT molecular complexity index is 759. The Balaban J connectivity index is 1.78. The summed E-state index contributed by atoms with van der Waals surface area (Å²) >= 11 is 0. The summed E-state index contributed by atoms with van der Waals surface area (Å²) in [5.41, 5.74) is 0.978. The Labute approximate surface area is 186 Å². The first-order valence-electron chi connectivity index (χ1n) is 10.8. The van der Waals surface area contributed by atoms with Crippen LogP contribution in [0, 0.1) is 0 Å². The highest BCUT2D eigenvalue weighted by Crippen LogP contribution is 2.41. The van der Waals surface area contributed by atoms with Gasteiger partial charge in [-0.15, -0.1) is 0 Å². The number of ether oxygens (including phenoxy) is 4. The third-order valence-corrected chi connectivity index (χ3v) is 10.8. The van der Waals surface area contributed by atoms with E-state index >= 15 is 0 Å². The van der Waals surface area contributed by atoms with Crippen LogP contribution in [0.2, 0.25) is 18.1 Å². The predicted molar refractivity (Wildman–Crippen MR) is 118 cm³/mol. The number of rotatable bonds is 8. The first kappa shape index (κ1) is 24.5. The summed E-state index contributed by atoms with van der Waals surface area (Å²) in [6, 6.07) is 9.71. The SMILES string of the molecule is CC1(C)O[C@H]2O[C@H](C(=O)[C@@H](CO)O[Si](C)(C)C(C)(C)C)[C@H](OCc3ccccc3)[C@H]2O1. The number of carbonyl (C=O) groups excluding carboxylic acids is 1. The van der Waals surface area contributed by atoms with Gasteiger partial charge in [0.25, 0.3) is 0 Å². The van der Waals surface area contributed by atoms with Gasteiger partial charge in [0.2, 0.25) is 0 Å². The molecule has 1 N–H and O–H groups in total. The fourth-order valence-electron chi connectivity index (χ4n) is 3.56. The van der Waals surface area contributed by atoms with E-state index in [1.807, 2.05) is 43.4 Å². The molecule has 2 aliphatic rings. The van der Waals surface area contributed by atoms with Gasteiger partial charge in [-0.25, -0.2) is 0 Å². The molecule has 0 unspecified atom stereocenters. The Morgan fingerprint density at radius 2 is 1.84 bits per heavy atom. The van der Waals surface area contributed by atoms with Crippen molar-refractivity contribution in [2.75, 3.05) is 6.61 Å². The first-order chi connectivity index (χ1) is 14.3.